The molecule has 0 aliphatic carbocycles. The van der Waals surface area contributed by atoms with Crippen LogP contribution < -0.4 is 4.90 Å². The van der Waals surface area contributed by atoms with Crippen molar-refractivity contribution in [3.63, 3.8) is 0 Å². The molecular weight excluding hydrogens is 367 g/mol. The van der Waals surface area contributed by atoms with Gasteiger partial charge in [0.2, 0.25) is 5.91 Å². The second-order valence-corrected chi connectivity index (χ2v) is 6.16. The van der Waals surface area contributed by atoms with E-state index in [1.54, 1.807) is 11.8 Å². The first-order valence-electron chi connectivity index (χ1n) is 6.55. The van der Waals surface area contributed by atoms with Crippen LogP contribution in [0.25, 0.3) is 0 Å². The Morgan fingerprint density at radius 2 is 2.10 bits per heavy atom. The van der Waals surface area contributed by atoms with Crippen LogP contribution in [0.15, 0.2) is 24.3 Å². The van der Waals surface area contributed by atoms with Gasteiger partial charge < -0.3 is 4.90 Å². The number of nitrogens with zero attached hydrogens (tertiary/aromatic N) is 2. The largest absolute Gasteiger partial charge is 0.312 e. The molecule has 0 unspecified atom stereocenters. The van der Waals surface area contributed by atoms with Gasteiger partial charge in [-0.1, -0.05) is 0 Å². The Morgan fingerprint density at radius 1 is 1.45 bits per heavy atom. The van der Waals surface area contributed by atoms with E-state index in [4.69, 9.17) is 5.26 Å². The van der Waals surface area contributed by atoms with Crippen molar-refractivity contribution in [2.45, 2.75) is 19.8 Å². The van der Waals surface area contributed by atoms with Gasteiger partial charge in [-0.05, 0) is 66.6 Å². The van der Waals surface area contributed by atoms with Crippen LogP contribution in [0.5, 0.6) is 0 Å². The minimum atomic E-state index is -0.722. The van der Waals surface area contributed by atoms with Crippen LogP contribution in [0.4, 0.5) is 5.69 Å². The number of amides is 1. The van der Waals surface area contributed by atoms with E-state index in [2.05, 4.69) is 22.6 Å². The molecule has 4 nitrogen and oxygen atoms in total. The Morgan fingerprint density at radius 3 is 2.70 bits per heavy atom. The molecule has 2 rings (SSSR count). The van der Waals surface area contributed by atoms with Crippen molar-refractivity contribution < 1.29 is 9.59 Å². The van der Waals surface area contributed by atoms with Crippen molar-refractivity contribution in [2.75, 3.05) is 11.4 Å². The second kappa shape index (κ2) is 6.35. The minimum Gasteiger partial charge on any atom is -0.312 e. The monoisotopic (exact) mass is 382 g/mol. The number of anilines is 1. The Bertz CT molecular complexity index is 562. The summed E-state index contributed by atoms with van der Waals surface area (Å²) in [5.41, 5.74) is 0.817. The normalized spacial score (nSPS) is 20.4. The van der Waals surface area contributed by atoms with Crippen molar-refractivity contribution >= 4 is 40.0 Å². The van der Waals surface area contributed by atoms with Gasteiger partial charge >= 0.3 is 0 Å². The number of piperidine rings is 1. The lowest BCUT2D eigenvalue weighted by Crippen LogP contribution is -2.45. The molecule has 0 N–H and O–H groups in total. The molecule has 5 heteroatoms. The average molecular weight is 382 g/mol. The number of rotatable bonds is 3. The molecule has 1 aliphatic rings. The lowest BCUT2D eigenvalue weighted by Gasteiger charge is -2.32. The van der Waals surface area contributed by atoms with Crippen molar-refractivity contribution in [1.29, 1.82) is 5.26 Å². The molecule has 0 spiro atoms. The molecule has 1 saturated heterocycles. The van der Waals surface area contributed by atoms with Gasteiger partial charge in [-0.15, -0.1) is 0 Å². The summed E-state index contributed by atoms with van der Waals surface area (Å²) in [7, 11) is 0. The summed E-state index contributed by atoms with van der Waals surface area (Å²) in [6, 6.07) is 9.58. The molecule has 2 atom stereocenters. The number of carbonyl (C=O) groups excluding carboxylic acids is 2. The number of halogens is 1. The lowest BCUT2D eigenvalue weighted by molar-refractivity contribution is -0.135. The Labute approximate surface area is 131 Å². The number of benzene rings is 1. The highest BCUT2D eigenvalue weighted by Crippen LogP contribution is 2.27. The summed E-state index contributed by atoms with van der Waals surface area (Å²) in [6.45, 7) is 2.18. The molecular formula is C15H15IN2O2. The third-order valence-electron chi connectivity index (χ3n) is 3.54. The number of hydrogen-bond acceptors (Lipinski definition) is 3. The molecule has 20 heavy (non-hydrogen) atoms. The van der Waals surface area contributed by atoms with Crippen LogP contribution in [0.3, 0.4) is 0 Å². The molecule has 0 saturated carbocycles. The summed E-state index contributed by atoms with van der Waals surface area (Å²) in [5, 5.41) is 8.84. The first-order valence-corrected chi connectivity index (χ1v) is 7.62. The topological polar surface area (TPSA) is 61.2 Å². The molecule has 1 aromatic carbocycles. The lowest BCUT2D eigenvalue weighted by atomic mass is 9.87. The standard InChI is InChI=1S/C15H15IN2O2/c1-10(9-17)14(19)13-3-2-8-18(15(13)20)12-6-4-11(16)5-7-12/h4-7,10,13H,2-3,8H2,1H3/t10-,13-/m0/s1. The zero-order valence-electron chi connectivity index (χ0n) is 11.2. The van der Waals surface area contributed by atoms with Gasteiger partial charge in [0.1, 0.15) is 5.92 Å². The van der Waals surface area contributed by atoms with E-state index in [-0.39, 0.29) is 11.7 Å². The fraction of sp³-hybridized carbons (Fsp3) is 0.400. The average Bonchev–Trinajstić information content (AvgIpc) is 2.47. The summed E-state index contributed by atoms with van der Waals surface area (Å²) in [5.74, 6) is -1.82. The predicted molar refractivity (Wildman–Crippen MR) is 84.0 cm³/mol. The number of hydrogen-bond donors (Lipinski definition) is 0. The molecule has 104 valence electrons. The third kappa shape index (κ3) is 3.01. The fourth-order valence-electron chi connectivity index (χ4n) is 2.38. The van der Waals surface area contributed by atoms with Crippen LogP contribution in [-0.2, 0) is 9.59 Å². The highest BCUT2D eigenvalue weighted by molar-refractivity contribution is 14.1. The summed E-state index contributed by atoms with van der Waals surface area (Å²) < 4.78 is 1.10. The number of Topliss-reactive ketones (excluding diaryl/α,β-unsaturated/α-hetero) is 1. The van der Waals surface area contributed by atoms with Gasteiger partial charge in [-0.2, -0.15) is 5.26 Å². The molecule has 0 radical (unpaired) electrons. The molecule has 1 fully saturated rings. The Hall–Kier alpha value is -1.42. The Balaban J connectivity index is 2.21. The first-order chi connectivity index (χ1) is 9.54. The highest BCUT2D eigenvalue weighted by atomic mass is 127. The summed E-state index contributed by atoms with van der Waals surface area (Å²) in [6.07, 6.45) is 1.33. The maximum atomic E-state index is 12.5. The fourth-order valence-corrected chi connectivity index (χ4v) is 2.74. The van der Waals surface area contributed by atoms with Crippen LogP contribution in [0.1, 0.15) is 19.8 Å². The third-order valence-corrected chi connectivity index (χ3v) is 4.26. The van der Waals surface area contributed by atoms with Crippen molar-refractivity contribution in [2.24, 2.45) is 11.8 Å². The number of ketones is 1. The first kappa shape index (κ1) is 15.0. The summed E-state index contributed by atoms with van der Waals surface area (Å²) >= 11 is 2.21. The zero-order valence-corrected chi connectivity index (χ0v) is 13.3. The van der Waals surface area contributed by atoms with Crippen molar-refractivity contribution in [3.05, 3.63) is 27.8 Å². The van der Waals surface area contributed by atoms with E-state index in [1.807, 2.05) is 30.3 Å². The van der Waals surface area contributed by atoms with Crippen LogP contribution in [0, 0.1) is 26.7 Å². The van der Waals surface area contributed by atoms with E-state index in [0.717, 1.165) is 15.7 Å². The molecule has 1 aliphatic heterocycles. The molecule has 1 amide bonds. The van der Waals surface area contributed by atoms with Crippen molar-refractivity contribution in [1.82, 2.24) is 0 Å². The molecule has 0 bridgehead atoms. The number of carbonyl (C=O) groups is 2. The van der Waals surface area contributed by atoms with Gasteiger partial charge in [0.05, 0.1) is 12.0 Å². The van der Waals surface area contributed by atoms with E-state index >= 15 is 0 Å². The van der Waals surface area contributed by atoms with Crippen molar-refractivity contribution in [3.8, 4) is 6.07 Å². The summed E-state index contributed by atoms with van der Waals surface area (Å²) in [4.78, 5) is 26.2. The van der Waals surface area contributed by atoms with Crippen LogP contribution in [-0.4, -0.2) is 18.2 Å². The van der Waals surface area contributed by atoms with Crippen LogP contribution >= 0.6 is 22.6 Å². The van der Waals surface area contributed by atoms with Gasteiger partial charge in [0, 0.05) is 15.8 Å². The van der Waals surface area contributed by atoms with E-state index < -0.39 is 11.8 Å². The maximum Gasteiger partial charge on any atom is 0.237 e. The molecule has 1 aromatic rings. The van der Waals surface area contributed by atoms with E-state index in [9.17, 15) is 9.59 Å². The van der Waals surface area contributed by atoms with E-state index in [0.29, 0.717) is 13.0 Å². The van der Waals surface area contributed by atoms with Crippen LogP contribution in [0.2, 0.25) is 0 Å². The van der Waals surface area contributed by atoms with E-state index in [1.165, 1.54) is 0 Å². The Kier molecular flexibility index (Phi) is 4.76. The zero-order chi connectivity index (χ0) is 14.7. The molecule has 0 aromatic heterocycles. The SMILES string of the molecule is C[C@@H](C#N)C(=O)[C@@H]1CCCN(c2ccc(I)cc2)C1=O. The second-order valence-electron chi connectivity index (χ2n) is 4.91. The predicted octanol–water partition coefficient (Wildman–Crippen LogP) is 2.76. The minimum absolute atomic E-state index is 0.176. The van der Waals surface area contributed by atoms with Gasteiger partial charge in [0.25, 0.3) is 0 Å². The maximum absolute atomic E-state index is 12.5. The molecule has 1 heterocycles. The van der Waals surface area contributed by atoms with Gasteiger partial charge in [-0.3, -0.25) is 9.59 Å². The number of nitriles is 1. The highest BCUT2D eigenvalue weighted by Gasteiger charge is 2.36. The smallest absolute Gasteiger partial charge is 0.237 e. The van der Waals surface area contributed by atoms with Gasteiger partial charge in [0.15, 0.2) is 5.78 Å². The quantitative estimate of drug-likeness (QED) is 0.597. The van der Waals surface area contributed by atoms with Gasteiger partial charge in [-0.25, -0.2) is 0 Å².